The van der Waals surface area contributed by atoms with Gasteiger partial charge >= 0.3 is 24.4 Å². The van der Waals surface area contributed by atoms with E-state index in [0.717, 1.165) is 47.2 Å². The third-order valence-corrected chi connectivity index (χ3v) is 10.5. The number of piperidine rings is 1. The molecule has 0 unspecified atom stereocenters. The van der Waals surface area contributed by atoms with E-state index in [1.807, 2.05) is 0 Å². The molecule has 3 aromatic rings. The van der Waals surface area contributed by atoms with Crippen molar-refractivity contribution in [2.24, 2.45) is 13.0 Å². The molecule has 0 spiro atoms. The van der Waals surface area contributed by atoms with Crippen LogP contribution in [0.15, 0.2) is 48.9 Å². The molecule has 0 radical (unpaired) electrons. The maximum Gasteiger partial charge on any atom is 0.471 e. The molecule has 0 bridgehead atoms. The summed E-state index contributed by atoms with van der Waals surface area (Å²) in [4.78, 5) is 78.3. The average molecular weight is 911 g/mol. The van der Waals surface area contributed by atoms with E-state index in [1.165, 1.54) is 32.3 Å². The molecule has 2 saturated heterocycles. The van der Waals surface area contributed by atoms with Crippen LogP contribution in [0.1, 0.15) is 60.3 Å². The largest absolute Gasteiger partial charge is 0.471 e. The fourth-order valence-corrected chi connectivity index (χ4v) is 7.04. The summed E-state index contributed by atoms with van der Waals surface area (Å²) in [6, 6.07) is 6.36. The molecule has 2 N–H and O–H groups in total. The second-order valence-corrected chi connectivity index (χ2v) is 16.2. The minimum Gasteiger partial charge on any atom is -0.444 e. The van der Waals surface area contributed by atoms with Crippen molar-refractivity contribution < 1.29 is 55.1 Å². The van der Waals surface area contributed by atoms with Gasteiger partial charge in [-0.1, -0.05) is 11.6 Å². The lowest BCUT2D eigenvalue weighted by molar-refractivity contribution is -0.170. The van der Waals surface area contributed by atoms with Crippen LogP contribution in [0.4, 0.5) is 48.3 Å². The topological polar surface area (TPSA) is 177 Å². The van der Waals surface area contributed by atoms with Crippen LogP contribution >= 0.6 is 11.6 Å². The summed E-state index contributed by atoms with van der Waals surface area (Å²) >= 11 is 6.50. The molecular formula is C40H45ClF6N10O6. The predicted octanol–water partition coefficient (Wildman–Crippen LogP) is 6.24. The SMILES string of the molecule is CN(/C=C(\C(=N)C(F)(F)F)c1cnc(C(=O)Nc2ccc(C(=O)N3CCN(C(=O)C4CCN(C(=O)OC(C)(C)C)CC4)CC3)c(Cl)c2)n1C)c1ccc(N(C)C(=O)C(F)(F)F)cn1. The lowest BCUT2D eigenvalue weighted by atomic mass is 9.95. The number of ether oxygens (including phenoxy) is 1. The smallest absolute Gasteiger partial charge is 0.444 e. The van der Waals surface area contributed by atoms with Crippen LogP contribution in [0.3, 0.4) is 0 Å². The number of rotatable bonds is 9. The van der Waals surface area contributed by atoms with Crippen molar-refractivity contribution in [3.63, 3.8) is 0 Å². The van der Waals surface area contributed by atoms with Gasteiger partial charge in [0, 0.05) is 83.8 Å². The standard InChI is InChI=1S/C40H45ClF6N10O6/c1-38(2,3)63-37(62)57-13-11-23(12-14-57)34(59)55-15-17-56(18-16-55)35(60)26-9-7-24(19-28(26)41)51-33(58)32-50-21-29(54(32)6)27(31(48)39(42,43)44)22-52(4)30-10-8-25(20-49-30)53(5)36(61)40(45,46)47/h7-10,19-23,48H,11-18H2,1-6H3,(H,51,58)/b27-22-,48-31?. The van der Waals surface area contributed by atoms with Crippen LogP contribution in [-0.4, -0.2) is 136 Å². The van der Waals surface area contributed by atoms with Gasteiger partial charge in [0.2, 0.25) is 5.91 Å². The van der Waals surface area contributed by atoms with E-state index in [1.54, 1.807) is 35.5 Å². The molecule has 63 heavy (non-hydrogen) atoms. The number of imidazole rings is 1. The van der Waals surface area contributed by atoms with Crippen LogP contribution < -0.4 is 15.1 Å². The van der Waals surface area contributed by atoms with Gasteiger partial charge < -0.3 is 39.1 Å². The van der Waals surface area contributed by atoms with Gasteiger partial charge in [-0.15, -0.1) is 0 Å². The number of amides is 5. The Morgan fingerprint density at radius 2 is 1.48 bits per heavy atom. The minimum atomic E-state index is -5.16. The summed E-state index contributed by atoms with van der Waals surface area (Å²) in [6.45, 7) is 7.22. The first-order valence-corrected chi connectivity index (χ1v) is 19.7. The molecule has 2 aliphatic rings. The number of anilines is 3. The summed E-state index contributed by atoms with van der Waals surface area (Å²) in [5.74, 6) is -4.19. The quantitative estimate of drug-likeness (QED) is 0.186. The Hall–Kier alpha value is -6.19. The monoisotopic (exact) mass is 910 g/mol. The summed E-state index contributed by atoms with van der Waals surface area (Å²) in [7, 11) is 3.38. The molecule has 1 aromatic carbocycles. The fraction of sp³-hybridized carbons (Fsp3) is 0.450. The van der Waals surface area contributed by atoms with Crippen LogP contribution in [0.5, 0.6) is 0 Å². The maximum atomic E-state index is 14.0. The highest BCUT2D eigenvalue weighted by molar-refractivity contribution is 6.34. The van der Waals surface area contributed by atoms with Crippen LogP contribution in [0, 0.1) is 11.3 Å². The molecule has 2 aromatic heterocycles. The zero-order chi connectivity index (χ0) is 46.8. The van der Waals surface area contributed by atoms with Crippen LogP contribution in [0.2, 0.25) is 5.02 Å². The molecular weight excluding hydrogens is 866 g/mol. The number of carbonyl (C=O) groups excluding carboxylic acids is 5. The second-order valence-electron chi connectivity index (χ2n) is 15.8. The Kier molecular flexibility index (Phi) is 14.2. The van der Waals surface area contributed by atoms with Crippen molar-refractivity contribution in [2.45, 2.75) is 51.6 Å². The minimum absolute atomic E-state index is 0.0132. The molecule has 23 heteroatoms. The molecule has 2 aliphatic heterocycles. The van der Waals surface area contributed by atoms with Crippen molar-refractivity contribution in [2.75, 3.05) is 68.5 Å². The number of allylic oxidation sites excluding steroid dienone is 1. The van der Waals surface area contributed by atoms with Crippen molar-refractivity contribution in [1.82, 2.24) is 29.2 Å². The Labute approximate surface area is 362 Å². The van der Waals surface area contributed by atoms with E-state index in [2.05, 4.69) is 15.3 Å². The number of likely N-dealkylation sites (tertiary alicyclic amines) is 1. The van der Waals surface area contributed by atoms with Gasteiger partial charge in [0.1, 0.15) is 17.1 Å². The van der Waals surface area contributed by atoms with Crippen molar-refractivity contribution >= 4 is 69.8 Å². The summed E-state index contributed by atoms with van der Waals surface area (Å²) in [6.07, 6.45) is -7.01. The Morgan fingerprint density at radius 1 is 0.857 bits per heavy atom. The molecule has 4 heterocycles. The highest BCUT2D eigenvalue weighted by atomic mass is 35.5. The van der Waals surface area contributed by atoms with E-state index >= 15 is 0 Å². The number of piperazine rings is 1. The first-order chi connectivity index (χ1) is 29.3. The normalized spacial score (nSPS) is 15.5. The zero-order valence-corrected chi connectivity index (χ0v) is 35.8. The van der Waals surface area contributed by atoms with Crippen LogP contribution in [0.25, 0.3) is 5.57 Å². The fourth-order valence-electron chi connectivity index (χ4n) is 6.78. The van der Waals surface area contributed by atoms with E-state index in [4.69, 9.17) is 21.7 Å². The third kappa shape index (κ3) is 11.4. The molecule has 0 atom stereocenters. The molecule has 5 amide bonds. The van der Waals surface area contributed by atoms with Gasteiger partial charge in [-0.3, -0.25) is 24.6 Å². The highest BCUT2D eigenvalue weighted by Gasteiger charge is 2.42. The Bertz CT molecular complexity index is 2280. The number of pyridine rings is 1. The number of alkyl halides is 6. The molecule has 0 saturated carbocycles. The Balaban J connectivity index is 1.22. The van der Waals surface area contributed by atoms with Gasteiger partial charge in [-0.25, -0.2) is 14.8 Å². The first-order valence-electron chi connectivity index (χ1n) is 19.4. The summed E-state index contributed by atoms with van der Waals surface area (Å²) < 4.78 is 87.0. The average Bonchev–Trinajstić information content (AvgIpc) is 3.61. The van der Waals surface area contributed by atoms with E-state index in [0.29, 0.717) is 43.9 Å². The molecule has 0 aliphatic carbocycles. The molecule has 16 nitrogen and oxygen atoms in total. The van der Waals surface area contributed by atoms with E-state index < -0.39 is 53.1 Å². The summed E-state index contributed by atoms with van der Waals surface area (Å²) in [5.41, 5.74) is -3.50. The number of aromatic nitrogens is 3. The van der Waals surface area contributed by atoms with E-state index in [-0.39, 0.29) is 64.2 Å². The lowest BCUT2D eigenvalue weighted by Crippen LogP contribution is -2.53. The predicted molar refractivity (Wildman–Crippen MR) is 219 cm³/mol. The number of carbonyl (C=O) groups is 5. The second kappa shape index (κ2) is 18.7. The lowest BCUT2D eigenvalue weighted by Gasteiger charge is -2.38. The number of hydrogen-bond donors (Lipinski definition) is 2. The highest BCUT2D eigenvalue weighted by Crippen LogP contribution is 2.31. The number of halogens is 7. The number of hydrogen-bond acceptors (Lipinski definition) is 10. The first kappa shape index (κ1) is 47.9. The van der Waals surface area contributed by atoms with E-state index in [9.17, 15) is 50.3 Å². The van der Waals surface area contributed by atoms with Crippen molar-refractivity contribution in [1.29, 1.82) is 5.41 Å². The third-order valence-electron chi connectivity index (χ3n) is 10.2. The molecule has 5 rings (SSSR count). The molecule has 340 valence electrons. The summed E-state index contributed by atoms with van der Waals surface area (Å²) in [5, 5.41) is 10.5. The Morgan fingerprint density at radius 3 is 2.02 bits per heavy atom. The zero-order valence-electron chi connectivity index (χ0n) is 35.0. The molecule has 2 fully saturated rings. The van der Waals surface area contributed by atoms with Crippen LogP contribution in [-0.2, 0) is 21.4 Å². The number of benzene rings is 1. The number of nitrogens with zero attached hydrogens (tertiary/aromatic N) is 8. The van der Waals surface area contributed by atoms with Crippen molar-refractivity contribution in [3.05, 3.63) is 71.0 Å². The van der Waals surface area contributed by atoms with Crippen molar-refractivity contribution in [3.8, 4) is 0 Å². The van der Waals surface area contributed by atoms with Gasteiger partial charge in [-0.05, 0) is 63.9 Å². The van der Waals surface area contributed by atoms with Gasteiger partial charge in [0.25, 0.3) is 11.8 Å². The number of nitrogens with one attached hydrogen (secondary N) is 2. The maximum absolute atomic E-state index is 14.0. The van der Waals surface area contributed by atoms with Gasteiger partial charge in [-0.2, -0.15) is 26.3 Å². The van der Waals surface area contributed by atoms with Gasteiger partial charge in [0.15, 0.2) is 5.82 Å². The van der Waals surface area contributed by atoms with Gasteiger partial charge in [0.05, 0.1) is 34.4 Å².